The van der Waals surface area contributed by atoms with Gasteiger partial charge in [-0.25, -0.2) is 4.90 Å². The molecule has 1 atom stereocenters. The highest BCUT2D eigenvalue weighted by Gasteiger charge is 2.42. The highest BCUT2D eigenvalue weighted by molar-refractivity contribution is 6.31. The van der Waals surface area contributed by atoms with E-state index in [1.54, 1.807) is 24.3 Å². The Balaban J connectivity index is 1.81. The minimum absolute atomic E-state index is 0.107. The Bertz CT molecular complexity index is 553. The summed E-state index contributed by atoms with van der Waals surface area (Å²) in [5.74, 6) is -0.235. The van der Waals surface area contributed by atoms with Crippen molar-refractivity contribution in [2.24, 2.45) is 0 Å². The van der Waals surface area contributed by atoms with Crippen molar-refractivity contribution < 1.29 is 9.59 Å². The molecule has 0 spiro atoms. The van der Waals surface area contributed by atoms with E-state index in [1.165, 1.54) is 17.7 Å². The van der Waals surface area contributed by atoms with Gasteiger partial charge in [0.05, 0.1) is 18.2 Å². The van der Waals surface area contributed by atoms with Gasteiger partial charge in [0.25, 0.3) is 5.91 Å². The quantitative estimate of drug-likeness (QED) is 0.789. The van der Waals surface area contributed by atoms with Crippen molar-refractivity contribution in [1.82, 2.24) is 4.90 Å². The molecule has 112 valence electrons. The molecule has 0 aliphatic carbocycles. The van der Waals surface area contributed by atoms with Gasteiger partial charge in [-0.15, -0.1) is 0 Å². The fraction of sp³-hybridized carbons (Fsp3) is 0.500. The zero-order valence-electron chi connectivity index (χ0n) is 11.9. The minimum Gasteiger partial charge on any atom is -0.292 e. The van der Waals surface area contributed by atoms with Crippen molar-refractivity contribution in [3.63, 3.8) is 0 Å². The minimum atomic E-state index is -0.297. The number of amides is 2. The molecule has 1 aromatic rings. The lowest BCUT2D eigenvalue weighted by molar-refractivity contribution is -0.122. The van der Waals surface area contributed by atoms with Gasteiger partial charge in [0.2, 0.25) is 5.91 Å². The van der Waals surface area contributed by atoms with E-state index in [2.05, 4.69) is 4.90 Å². The highest BCUT2D eigenvalue weighted by atomic mass is 35.5. The molecule has 1 unspecified atom stereocenters. The zero-order valence-corrected chi connectivity index (χ0v) is 12.7. The monoisotopic (exact) mass is 306 g/mol. The van der Waals surface area contributed by atoms with Gasteiger partial charge < -0.3 is 0 Å². The second kappa shape index (κ2) is 6.16. The Morgan fingerprint density at radius 2 is 1.76 bits per heavy atom. The molecule has 0 bridgehead atoms. The van der Waals surface area contributed by atoms with Crippen LogP contribution in [0.25, 0.3) is 0 Å². The van der Waals surface area contributed by atoms with Crippen LogP contribution in [0.4, 0.5) is 5.69 Å². The normalized spacial score (nSPS) is 24.4. The Labute approximate surface area is 129 Å². The summed E-state index contributed by atoms with van der Waals surface area (Å²) in [6.45, 7) is 1.82. The molecule has 0 saturated carbocycles. The van der Waals surface area contributed by atoms with E-state index in [-0.39, 0.29) is 24.3 Å². The number of likely N-dealkylation sites (tertiary alicyclic amines) is 1. The molecule has 0 radical (unpaired) electrons. The van der Waals surface area contributed by atoms with Crippen LogP contribution in [-0.4, -0.2) is 35.8 Å². The summed E-state index contributed by atoms with van der Waals surface area (Å²) >= 11 is 5.97. The molecular weight excluding hydrogens is 288 g/mol. The highest BCUT2D eigenvalue weighted by Crippen LogP contribution is 2.28. The van der Waals surface area contributed by atoms with Crippen molar-refractivity contribution in [1.29, 1.82) is 0 Å². The first-order valence-corrected chi connectivity index (χ1v) is 7.91. The van der Waals surface area contributed by atoms with E-state index in [0.717, 1.165) is 25.9 Å². The average molecular weight is 307 g/mol. The van der Waals surface area contributed by atoms with Crippen molar-refractivity contribution in [2.45, 2.75) is 38.1 Å². The Morgan fingerprint density at radius 1 is 1.05 bits per heavy atom. The summed E-state index contributed by atoms with van der Waals surface area (Å²) < 4.78 is 0. The molecule has 5 heteroatoms. The first kappa shape index (κ1) is 14.5. The number of hydrogen-bond donors (Lipinski definition) is 0. The van der Waals surface area contributed by atoms with Crippen LogP contribution in [-0.2, 0) is 9.59 Å². The van der Waals surface area contributed by atoms with E-state index in [1.807, 2.05) is 0 Å². The molecule has 2 amide bonds. The number of hydrogen-bond acceptors (Lipinski definition) is 3. The summed E-state index contributed by atoms with van der Waals surface area (Å²) in [4.78, 5) is 28.4. The van der Waals surface area contributed by atoms with Gasteiger partial charge in [-0.2, -0.15) is 0 Å². The van der Waals surface area contributed by atoms with Crippen LogP contribution in [0.1, 0.15) is 32.1 Å². The van der Waals surface area contributed by atoms with Gasteiger partial charge in [0.15, 0.2) is 0 Å². The predicted molar refractivity (Wildman–Crippen MR) is 82.4 cm³/mol. The van der Waals surface area contributed by atoms with Gasteiger partial charge in [-0.05, 0) is 44.1 Å². The molecule has 2 fully saturated rings. The van der Waals surface area contributed by atoms with Gasteiger partial charge in [-0.3, -0.25) is 14.5 Å². The second-order valence-electron chi connectivity index (χ2n) is 5.72. The Morgan fingerprint density at radius 3 is 2.43 bits per heavy atom. The third kappa shape index (κ3) is 2.97. The SMILES string of the molecule is O=C1CC(N2CCCCCC2)C(=O)N1c1cccc(Cl)c1. The molecule has 2 saturated heterocycles. The molecule has 0 N–H and O–H groups in total. The topological polar surface area (TPSA) is 40.6 Å². The van der Waals surface area contributed by atoms with Crippen LogP contribution < -0.4 is 4.90 Å². The maximum Gasteiger partial charge on any atom is 0.251 e. The third-order valence-electron chi connectivity index (χ3n) is 4.27. The van der Waals surface area contributed by atoms with E-state index in [0.29, 0.717) is 10.7 Å². The molecule has 0 aromatic heterocycles. The fourth-order valence-electron chi connectivity index (χ4n) is 3.19. The molecule has 21 heavy (non-hydrogen) atoms. The molecule has 2 aliphatic rings. The van der Waals surface area contributed by atoms with Crippen LogP contribution in [0.2, 0.25) is 5.02 Å². The lowest BCUT2D eigenvalue weighted by Crippen LogP contribution is -2.42. The van der Waals surface area contributed by atoms with E-state index in [9.17, 15) is 9.59 Å². The maximum absolute atomic E-state index is 12.7. The fourth-order valence-corrected chi connectivity index (χ4v) is 3.38. The first-order chi connectivity index (χ1) is 10.2. The molecule has 3 rings (SSSR count). The Hall–Kier alpha value is -1.39. The summed E-state index contributed by atoms with van der Waals surface area (Å²) in [7, 11) is 0. The van der Waals surface area contributed by atoms with Crippen molar-refractivity contribution in [2.75, 3.05) is 18.0 Å². The average Bonchev–Trinajstić information content (AvgIpc) is 2.66. The van der Waals surface area contributed by atoms with E-state index >= 15 is 0 Å². The first-order valence-electron chi connectivity index (χ1n) is 7.53. The summed E-state index contributed by atoms with van der Waals surface area (Å²) in [6.07, 6.45) is 4.92. The van der Waals surface area contributed by atoms with Crippen LogP contribution in [0.3, 0.4) is 0 Å². The molecule has 2 heterocycles. The van der Waals surface area contributed by atoms with Crippen LogP contribution in [0.5, 0.6) is 0 Å². The van der Waals surface area contributed by atoms with E-state index in [4.69, 9.17) is 11.6 Å². The number of carbonyl (C=O) groups is 2. The molecular formula is C16H19ClN2O2. The molecule has 1 aromatic carbocycles. The summed E-state index contributed by atoms with van der Waals surface area (Å²) in [5, 5.41) is 0.534. The smallest absolute Gasteiger partial charge is 0.251 e. The molecule has 2 aliphatic heterocycles. The Kier molecular flexibility index (Phi) is 4.27. The van der Waals surface area contributed by atoms with Gasteiger partial charge in [-0.1, -0.05) is 30.5 Å². The standard InChI is InChI=1S/C16H19ClN2O2/c17-12-6-5-7-13(10-12)19-15(20)11-14(16(19)21)18-8-3-1-2-4-9-18/h5-7,10,14H,1-4,8-9,11H2. The van der Waals surface area contributed by atoms with Crippen molar-refractivity contribution >= 4 is 29.1 Å². The number of imide groups is 1. The van der Waals surface area contributed by atoms with Crippen LogP contribution in [0, 0.1) is 0 Å². The number of carbonyl (C=O) groups excluding carboxylic acids is 2. The van der Waals surface area contributed by atoms with Crippen LogP contribution >= 0.6 is 11.6 Å². The van der Waals surface area contributed by atoms with Gasteiger partial charge in [0.1, 0.15) is 0 Å². The molecule has 4 nitrogen and oxygen atoms in total. The summed E-state index contributed by atoms with van der Waals surface area (Å²) in [5.41, 5.74) is 0.579. The third-order valence-corrected chi connectivity index (χ3v) is 4.51. The maximum atomic E-state index is 12.7. The number of nitrogens with zero attached hydrogens (tertiary/aromatic N) is 2. The lowest BCUT2D eigenvalue weighted by Gasteiger charge is -2.25. The number of anilines is 1. The number of rotatable bonds is 2. The number of benzene rings is 1. The van der Waals surface area contributed by atoms with Crippen LogP contribution in [0.15, 0.2) is 24.3 Å². The largest absolute Gasteiger partial charge is 0.292 e. The lowest BCUT2D eigenvalue weighted by atomic mass is 10.2. The second-order valence-corrected chi connectivity index (χ2v) is 6.15. The van der Waals surface area contributed by atoms with E-state index < -0.39 is 0 Å². The predicted octanol–water partition coefficient (Wildman–Crippen LogP) is 2.85. The van der Waals surface area contributed by atoms with Crippen molar-refractivity contribution in [3.05, 3.63) is 29.3 Å². The van der Waals surface area contributed by atoms with Gasteiger partial charge in [0, 0.05) is 5.02 Å². The summed E-state index contributed by atoms with van der Waals surface area (Å²) in [6, 6.07) is 6.63. The number of halogens is 1. The zero-order chi connectivity index (χ0) is 14.8. The van der Waals surface area contributed by atoms with Gasteiger partial charge >= 0.3 is 0 Å². The van der Waals surface area contributed by atoms with Crippen molar-refractivity contribution in [3.8, 4) is 0 Å².